The molecule has 5 nitrogen and oxygen atoms in total. The molecule has 1 aromatic heterocycles. The minimum Gasteiger partial charge on any atom is -0.322 e. The molecule has 1 heterocycles. The Morgan fingerprint density at radius 3 is 2.39 bits per heavy atom. The van der Waals surface area contributed by atoms with Crippen LogP contribution in [-0.4, -0.2) is 16.8 Å². The fraction of sp³-hybridized carbons (Fsp3) is 0.222. The number of rotatable bonds is 5. The molecule has 0 saturated heterocycles. The van der Waals surface area contributed by atoms with Crippen LogP contribution in [0.25, 0.3) is 10.2 Å². The second-order valence-corrected chi connectivity index (χ2v) is 9.81. The number of carbonyl (C=O) groups is 2. The first-order valence-electron chi connectivity index (χ1n) is 11.0. The van der Waals surface area contributed by atoms with Gasteiger partial charge in [0, 0.05) is 17.2 Å². The lowest BCUT2D eigenvalue weighted by atomic mass is 10.0. The number of fused-ring (bicyclic) bond motifs is 1. The summed E-state index contributed by atoms with van der Waals surface area (Å²) >= 11 is 1.39. The van der Waals surface area contributed by atoms with Gasteiger partial charge in [-0.2, -0.15) is 0 Å². The highest BCUT2D eigenvalue weighted by molar-refractivity contribution is 7.22. The predicted octanol–water partition coefficient (Wildman–Crippen LogP) is 6.22. The second-order valence-electron chi connectivity index (χ2n) is 8.78. The van der Waals surface area contributed by atoms with Gasteiger partial charge in [0.25, 0.3) is 5.91 Å². The quantitative estimate of drug-likeness (QED) is 0.375. The van der Waals surface area contributed by atoms with Gasteiger partial charge in [0.2, 0.25) is 5.91 Å². The highest BCUT2D eigenvalue weighted by Gasteiger charge is 2.44. The number of hydrogen-bond acceptors (Lipinski definition) is 4. The fourth-order valence-corrected chi connectivity index (χ4v) is 5.34. The van der Waals surface area contributed by atoms with E-state index >= 15 is 0 Å². The first kappa shape index (κ1) is 21.3. The van der Waals surface area contributed by atoms with Crippen LogP contribution in [0, 0.1) is 26.7 Å². The number of carbonyl (C=O) groups excluding carboxylic acids is 2. The van der Waals surface area contributed by atoms with Crippen LogP contribution in [0.2, 0.25) is 0 Å². The topological polar surface area (TPSA) is 71.1 Å². The van der Waals surface area contributed by atoms with Crippen LogP contribution in [0.1, 0.15) is 45.0 Å². The molecule has 0 aliphatic heterocycles. The monoisotopic (exact) mass is 455 g/mol. The summed E-state index contributed by atoms with van der Waals surface area (Å²) in [4.78, 5) is 30.1. The van der Waals surface area contributed by atoms with Crippen molar-refractivity contribution in [3.63, 3.8) is 0 Å². The largest absolute Gasteiger partial charge is 0.322 e. The summed E-state index contributed by atoms with van der Waals surface area (Å²) in [6.07, 6.45) is 0.864. The number of amides is 2. The van der Waals surface area contributed by atoms with Gasteiger partial charge in [-0.15, -0.1) is 0 Å². The number of thiazole rings is 1. The molecule has 2 atom stereocenters. The second kappa shape index (κ2) is 8.45. The van der Waals surface area contributed by atoms with Crippen LogP contribution in [0.5, 0.6) is 0 Å². The number of nitrogens with zero attached hydrogens (tertiary/aromatic N) is 1. The van der Waals surface area contributed by atoms with Gasteiger partial charge < -0.3 is 10.6 Å². The number of aryl methyl sites for hydroxylation is 3. The Morgan fingerprint density at radius 2 is 1.67 bits per heavy atom. The van der Waals surface area contributed by atoms with E-state index in [0.29, 0.717) is 10.7 Å². The molecule has 166 valence electrons. The zero-order chi connectivity index (χ0) is 23.1. The van der Waals surface area contributed by atoms with E-state index in [1.54, 1.807) is 6.07 Å². The Hall–Kier alpha value is -3.51. The molecule has 1 aliphatic rings. The van der Waals surface area contributed by atoms with Crippen LogP contribution in [0.4, 0.5) is 10.8 Å². The van der Waals surface area contributed by atoms with Gasteiger partial charge in [-0.1, -0.05) is 59.4 Å². The van der Waals surface area contributed by atoms with E-state index < -0.39 is 0 Å². The first-order valence-corrected chi connectivity index (χ1v) is 11.9. The Balaban J connectivity index is 1.29. The van der Waals surface area contributed by atoms with Crippen LogP contribution in [0.3, 0.4) is 0 Å². The third-order valence-corrected chi connectivity index (χ3v) is 7.08. The van der Waals surface area contributed by atoms with Crippen molar-refractivity contribution in [2.75, 3.05) is 10.6 Å². The lowest BCUT2D eigenvalue weighted by Crippen LogP contribution is -2.14. The summed E-state index contributed by atoms with van der Waals surface area (Å²) < 4.78 is 0.866. The standard InChI is InChI=1S/C27H25N3O2S/c1-15-11-16(2)24(17(3)12-15)29-25(31)19-9-10-22-23(13-19)33-27(28-22)30-26(32)21-14-20(21)18-7-5-4-6-8-18/h4-13,20-21H,14H2,1-3H3,(H,29,31)(H,28,30,32)/t20-,21+/m0/s1. The van der Waals surface area contributed by atoms with Crippen molar-refractivity contribution >= 4 is 44.2 Å². The van der Waals surface area contributed by atoms with Crippen molar-refractivity contribution in [3.05, 3.63) is 88.5 Å². The summed E-state index contributed by atoms with van der Waals surface area (Å²) in [5.74, 6) is 0.118. The van der Waals surface area contributed by atoms with E-state index in [-0.39, 0.29) is 23.7 Å². The van der Waals surface area contributed by atoms with E-state index in [4.69, 9.17) is 0 Å². The minimum absolute atomic E-state index is 0.00574. The Bertz CT molecular complexity index is 1350. The Kier molecular flexibility index (Phi) is 5.46. The molecule has 0 unspecified atom stereocenters. The maximum absolute atomic E-state index is 12.9. The average molecular weight is 456 g/mol. The van der Waals surface area contributed by atoms with Crippen LogP contribution >= 0.6 is 11.3 Å². The van der Waals surface area contributed by atoms with Gasteiger partial charge >= 0.3 is 0 Å². The summed E-state index contributed by atoms with van der Waals surface area (Å²) in [5, 5.41) is 6.58. The molecule has 2 amide bonds. The maximum atomic E-state index is 12.9. The third kappa shape index (κ3) is 4.39. The van der Waals surface area contributed by atoms with Gasteiger partial charge in [0.15, 0.2) is 5.13 Å². The van der Waals surface area contributed by atoms with Gasteiger partial charge in [0.1, 0.15) is 0 Å². The van der Waals surface area contributed by atoms with Gasteiger partial charge in [0.05, 0.1) is 10.2 Å². The van der Waals surface area contributed by atoms with Crippen LogP contribution in [0.15, 0.2) is 60.7 Å². The first-order chi connectivity index (χ1) is 15.9. The lowest BCUT2D eigenvalue weighted by Gasteiger charge is -2.12. The zero-order valence-electron chi connectivity index (χ0n) is 18.8. The molecule has 6 heteroatoms. The van der Waals surface area contributed by atoms with E-state index in [1.165, 1.54) is 22.5 Å². The number of nitrogens with one attached hydrogen (secondary N) is 2. The van der Waals surface area contributed by atoms with Gasteiger partial charge in [-0.25, -0.2) is 4.98 Å². The van der Waals surface area contributed by atoms with Crippen molar-refractivity contribution in [1.29, 1.82) is 0 Å². The van der Waals surface area contributed by atoms with Gasteiger partial charge in [-0.05, 0) is 68.0 Å². The summed E-state index contributed by atoms with van der Waals surface area (Å²) in [7, 11) is 0. The molecule has 2 N–H and O–H groups in total. The number of hydrogen-bond donors (Lipinski definition) is 2. The van der Waals surface area contributed by atoms with E-state index in [9.17, 15) is 9.59 Å². The molecule has 5 rings (SSSR count). The van der Waals surface area contributed by atoms with Crippen molar-refractivity contribution in [2.24, 2.45) is 5.92 Å². The molecule has 1 aliphatic carbocycles. The Labute approximate surface area is 196 Å². The van der Waals surface area contributed by atoms with E-state index in [1.807, 2.05) is 51.1 Å². The average Bonchev–Trinajstić information content (AvgIpc) is 3.50. The third-order valence-electron chi connectivity index (χ3n) is 6.15. The minimum atomic E-state index is -0.158. The van der Waals surface area contributed by atoms with Crippen molar-refractivity contribution in [1.82, 2.24) is 4.98 Å². The molecule has 4 aromatic rings. The van der Waals surface area contributed by atoms with E-state index in [0.717, 1.165) is 33.5 Å². The van der Waals surface area contributed by atoms with Crippen molar-refractivity contribution in [3.8, 4) is 0 Å². The Morgan fingerprint density at radius 1 is 0.939 bits per heavy atom. The molecule has 1 fully saturated rings. The predicted molar refractivity (Wildman–Crippen MR) is 134 cm³/mol. The lowest BCUT2D eigenvalue weighted by molar-refractivity contribution is -0.117. The smallest absolute Gasteiger partial charge is 0.255 e. The molecule has 0 radical (unpaired) electrons. The summed E-state index contributed by atoms with van der Waals surface area (Å²) in [6, 6.07) is 19.7. The highest BCUT2D eigenvalue weighted by Crippen LogP contribution is 2.48. The molecular weight excluding hydrogens is 430 g/mol. The summed E-state index contributed by atoms with van der Waals surface area (Å²) in [5.41, 5.74) is 6.64. The van der Waals surface area contributed by atoms with Crippen LogP contribution in [-0.2, 0) is 4.79 Å². The van der Waals surface area contributed by atoms with Crippen LogP contribution < -0.4 is 10.6 Å². The number of anilines is 2. The van der Waals surface area contributed by atoms with Gasteiger partial charge in [-0.3, -0.25) is 9.59 Å². The molecule has 0 spiro atoms. The van der Waals surface area contributed by atoms with E-state index in [2.05, 4.69) is 39.9 Å². The highest BCUT2D eigenvalue weighted by atomic mass is 32.1. The molecule has 3 aromatic carbocycles. The van der Waals surface area contributed by atoms with Crippen molar-refractivity contribution < 1.29 is 9.59 Å². The number of aromatic nitrogens is 1. The molecule has 1 saturated carbocycles. The number of benzene rings is 3. The molecular formula is C27H25N3O2S. The molecule has 33 heavy (non-hydrogen) atoms. The molecule has 0 bridgehead atoms. The maximum Gasteiger partial charge on any atom is 0.255 e. The zero-order valence-corrected chi connectivity index (χ0v) is 19.6. The summed E-state index contributed by atoms with van der Waals surface area (Å²) in [6.45, 7) is 6.04. The normalized spacial score (nSPS) is 17.1. The fourth-order valence-electron chi connectivity index (χ4n) is 4.43. The SMILES string of the molecule is Cc1cc(C)c(NC(=O)c2ccc3nc(NC(=O)[C@@H]4C[C@H]4c4ccccc4)sc3c2)c(C)c1. The van der Waals surface area contributed by atoms with Crippen molar-refractivity contribution in [2.45, 2.75) is 33.1 Å².